The van der Waals surface area contributed by atoms with Crippen LogP contribution in [0.1, 0.15) is 64.7 Å². The van der Waals surface area contributed by atoms with Crippen LogP contribution >= 0.6 is 0 Å². The molecule has 0 aromatic carbocycles. The van der Waals surface area contributed by atoms with Crippen molar-refractivity contribution < 1.29 is 4.79 Å². The van der Waals surface area contributed by atoms with Gasteiger partial charge in [0.2, 0.25) is 5.91 Å². The minimum Gasteiger partial charge on any atom is -0.349 e. The van der Waals surface area contributed by atoms with Crippen LogP contribution in [-0.4, -0.2) is 38.5 Å². The number of fused-ring (bicyclic) bond motifs is 1. The molecule has 0 unspecified atom stereocenters. The molecular formula is C17H28N4O. The standard InChI is InChI=1S/C17H28N4O/c1-13(2)21-11-9-18-15(21)12-20-10-5-4-8-17(3)14(20)6-7-16(22)19-17/h9,11,13-14H,4-8,10,12H2,1-3H3,(H,19,22)/t14-,17-/m0/s1. The summed E-state index contributed by atoms with van der Waals surface area (Å²) in [5.41, 5.74) is -0.0823. The second kappa shape index (κ2) is 6.03. The van der Waals surface area contributed by atoms with Crippen molar-refractivity contribution >= 4 is 5.91 Å². The number of piperidine rings is 1. The first-order valence-electron chi connectivity index (χ1n) is 8.56. The quantitative estimate of drug-likeness (QED) is 0.933. The Bertz CT molecular complexity index is 539. The van der Waals surface area contributed by atoms with Crippen LogP contribution in [0.5, 0.6) is 0 Å². The van der Waals surface area contributed by atoms with Gasteiger partial charge in [-0.15, -0.1) is 0 Å². The van der Waals surface area contributed by atoms with Crippen molar-refractivity contribution in [1.82, 2.24) is 19.8 Å². The summed E-state index contributed by atoms with van der Waals surface area (Å²) in [7, 11) is 0. The largest absolute Gasteiger partial charge is 0.349 e. The molecular weight excluding hydrogens is 276 g/mol. The fraction of sp³-hybridized carbons (Fsp3) is 0.765. The van der Waals surface area contributed by atoms with E-state index in [2.05, 4.69) is 46.7 Å². The van der Waals surface area contributed by atoms with E-state index in [1.54, 1.807) is 0 Å². The zero-order chi connectivity index (χ0) is 15.7. The molecule has 1 N–H and O–H groups in total. The highest BCUT2D eigenvalue weighted by atomic mass is 16.1. The van der Waals surface area contributed by atoms with Gasteiger partial charge in [-0.3, -0.25) is 9.69 Å². The van der Waals surface area contributed by atoms with E-state index < -0.39 is 0 Å². The summed E-state index contributed by atoms with van der Waals surface area (Å²) in [6.45, 7) is 8.58. The molecule has 0 spiro atoms. The van der Waals surface area contributed by atoms with Crippen LogP contribution < -0.4 is 5.32 Å². The Hall–Kier alpha value is -1.36. The molecule has 2 atom stereocenters. The maximum atomic E-state index is 11.9. The van der Waals surface area contributed by atoms with Gasteiger partial charge in [-0.2, -0.15) is 0 Å². The Labute approximate surface area is 133 Å². The summed E-state index contributed by atoms with van der Waals surface area (Å²) in [5.74, 6) is 1.35. The molecule has 1 aromatic rings. The molecule has 0 radical (unpaired) electrons. The van der Waals surface area contributed by atoms with Crippen molar-refractivity contribution in [2.24, 2.45) is 0 Å². The van der Waals surface area contributed by atoms with Gasteiger partial charge in [-0.25, -0.2) is 4.98 Å². The predicted molar refractivity (Wildman–Crippen MR) is 86.4 cm³/mol. The molecule has 1 amide bonds. The molecule has 2 saturated heterocycles. The average Bonchev–Trinajstić information content (AvgIpc) is 2.84. The van der Waals surface area contributed by atoms with Gasteiger partial charge in [0.15, 0.2) is 0 Å². The van der Waals surface area contributed by atoms with Crippen molar-refractivity contribution in [3.8, 4) is 0 Å². The number of hydrogen-bond acceptors (Lipinski definition) is 3. The van der Waals surface area contributed by atoms with E-state index in [0.29, 0.717) is 18.5 Å². The first-order chi connectivity index (χ1) is 10.5. The van der Waals surface area contributed by atoms with Crippen LogP contribution in [0.25, 0.3) is 0 Å². The Morgan fingerprint density at radius 3 is 3.05 bits per heavy atom. The minimum atomic E-state index is -0.0823. The molecule has 2 aliphatic heterocycles. The van der Waals surface area contributed by atoms with E-state index in [1.165, 1.54) is 12.8 Å². The Morgan fingerprint density at radius 2 is 2.27 bits per heavy atom. The number of amides is 1. The van der Waals surface area contributed by atoms with E-state index in [0.717, 1.165) is 31.8 Å². The number of imidazole rings is 1. The second-order valence-corrected chi connectivity index (χ2v) is 7.29. The highest BCUT2D eigenvalue weighted by molar-refractivity contribution is 5.78. The Balaban J connectivity index is 1.82. The summed E-state index contributed by atoms with van der Waals surface area (Å²) in [6, 6.07) is 0.854. The molecule has 0 saturated carbocycles. The van der Waals surface area contributed by atoms with Gasteiger partial charge in [0.1, 0.15) is 5.82 Å². The predicted octanol–water partition coefficient (Wildman–Crippen LogP) is 2.49. The molecule has 22 heavy (non-hydrogen) atoms. The van der Waals surface area contributed by atoms with Crippen LogP contribution in [0.2, 0.25) is 0 Å². The molecule has 5 heteroatoms. The molecule has 5 nitrogen and oxygen atoms in total. The lowest BCUT2D eigenvalue weighted by Crippen LogP contribution is -2.62. The first kappa shape index (κ1) is 15.5. The third-order valence-electron chi connectivity index (χ3n) is 5.29. The summed E-state index contributed by atoms with van der Waals surface area (Å²) in [4.78, 5) is 19.0. The lowest BCUT2D eigenvalue weighted by Gasteiger charge is -2.46. The van der Waals surface area contributed by atoms with Gasteiger partial charge in [-0.05, 0) is 53.0 Å². The van der Waals surface area contributed by atoms with Crippen molar-refractivity contribution in [3.63, 3.8) is 0 Å². The number of nitrogens with zero attached hydrogens (tertiary/aromatic N) is 3. The van der Waals surface area contributed by atoms with E-state index in [1.807, 2.05) is 6.20 Å². The van der Waals surface area contributed by atoms with Crippen LogP contribution in [0.4, 0.5) is 0 Å². The lowest BCUT2D eigenvalue weighted by molar-refractivity contribution is -0.127. The number of aromatic nitrogens is 2. The summed E-state index contributed by atoms with van der Waals surface area (Å²) < 4.78 is 2.25. The van der Waals surface area contributed by atoms with E-state index >= 15 is 0 Å². The number of hydrogen-bond donors (Lipinski definition) is 1. The topological polar surface area (TPSA) is 50.2 Å². The maximum Gasteiger partial charge on any atom is 0.220 e. The Morgan fingerprint density at radius 1 is 1.45 bits per heavy atom. The van der Waals surface area contributed by atoms with Crippen LogP contribution in [0, 0.1) is 0 Å². The third-order valence-corrected chi connectivity index (χ3v) is 5.29. The summed E-state index contributed by atoms with van der Waals surface area (Å²) in [5, 5.41) is 3.27. The molecule has 3 rings (SSSR count). The number of rotatable bonds is 3. The fourth-order valence-electron chi connectivity index (χ4n) is 4.14. The molecule has 0 bridgehead atoms. The maximum absolute atomic E-state index is 11.9. The number of carbonyl (C=O) groups is 1. The van der Waals surface area contributed by atoms with Gasteiger partial charge >= 0.3 is 0 Å². The van der Waals surface area contributed by atoms with Crippen molar-refractivity contribution in [3.05, 3.63) is 18.2 Å². The van der Waals surface area contributed by atoms with Crippen LogP contribution in [-0.2, 0) is 11.3 Å². The minimum absolute atomic E-state index is 0.0823. The van der Waals surface area contributed by atoms with Crippen molar-refractivity contribution in [1.29, 1.82) is 0 Å². The fourth-order valence-corrected chi connectivity index (χ4v) is 4.14. The SMILES string of the molecule is CC(C)n1ccnc1CN1CCCC[C@]2(C)NC(=O)CC[C@H]12. The molecule has 3 heterocycles. The summed E-state index contributed by atoms with van der Waals surface area (Å²) in [6.07, 6.45) is 9.04. The van der Waals surface area contributed by atoms with Gasteiger partial charge in [0.25, 0.3) is 0 Å². The monoisotopic (exact) mass is 304 g/mol. The van der Waals surface area contributed by atoms with Gasteiger partial charge in [-0.1, -0.05) is 0 Å². The zero-order valence-corrected chi connectivity index (χ0v) is 14.0. The van der Waals surface area contributed by atoms with Crippen molar-refractivity contribution in [2.45, 2.75) is 77.0 Å². The molecule has 0 aliphatic carbocycles. The smallest absolute Gasteiger partial charge is 0.220 e. The van der Waals surface area contributed by atoms with Crippen LogP contribution in [0.15, 0.2) is 12.4 Å². The van der Waals surface area contributed by atoms with Gasteiger partial charge < -0.3 is 9.88 Å². The first-order valence-corrected chi connectivity index (χ1v) is 8.56. The van der Waals surface area contributed by atoms with Gasteiger partial charge in [0, 0.05) is 30.9 Å². The lowest BCUT2D eigenvalue weighted by atomic mass is 9.81. The number of likely N-dealkylation sites (tertiary alicyclic amines) is 1. The van der Waals surface area contributed by atoms with Gasteiger partial charge in [0.05, 0.1) is 12.1 Å². The van der Waals surface area contributed by atoms with E-state index in [4.69, 9.17) is 0 Å². The molecule has 2 aliphatic rings. The normalized spacial score (nSPS) is 30.0. The van der Waals surface area contributed by atoms with Crippen molar-refractivity contribution in [2.75, 3.05) is 6.54 Å². The highest BCUT2D eigenvalue weighted by Crippen LogP contribution is 2.33. The highest BCUT2D eigenvalue weighted by Gasteiger charge is 2.43. The summed E-state index contributed by atoms with van der Waals surface area (Å²) >= 11 is 0. The van der Waals surface area contributed by atoms with Crippen LogP contribution in [0.3, 0.4) is 0 Å². The van der Waals surface area contributed by atoms with E-state index in [-0.39, 0.29) is 11.4 Å². The number of nitrogens with one attached hydrogen (secondary N) is 1. The Kier molecular flexibility index (Phi) is 4.26. The molecule has 1 aromatic heterocycles. The molecule has 2 fully saturated rings. The second-order valence-electron chi connectivity index (χ2n) is 7.29. The zero-order valence-electron chi connectivity index (χ0n) is 14.0. The number of carbonyl (C=O) groups excluding carboxylic acids is 1. The molecule has 122 valence electrons. The average molecular weight is 304 g/mol. The van der Waals surface area contributed by atoms with E-state index in [9.17, 15) is 4.79 Å². The third kappa shape index (κ3) is 2.91.